The Labute approximate surface area is 153 Å². The van der Waals surface area contributed by atoms with E-state index < -0.39 is 21.5 Å². The van der Waals surface area contributed by atoms with E-state index in [1.807, 2.05) is 6.92 Å². The quantitative estimate of drug-likeness (QED) is 0.842. The molecule has 2 rings (SSSR count). The minimum atomic E-state index is -3.71. The number of anilines is 1. The minimum absolute atomic E-state index is 0.0444. The van der Waals surface area contributed by atoms with Gasteiger partial charge in [0.2, 0.25) is 10.0 Å². The third kappa shape index (κ3) is 5.29. The Bertz CT molecular complexity index is 903. The number of carbonyl (C=O) groups is 1. The highest BCUT2D eigenvalue weighted by molar-refractivity contribution is 7.89. The van der Waals surface area contributed by atoms with Crippen LogP contribution in [0.4, 0.5) is 5.69 Å². The van der Waals surface area contributed by atoms with Crippen molar-refractivity contribution >= 4 is 33.2 Å². The summed E-state index contributed by atoms with van der Waals surface area (Å²) < 4.78 is 27.4. The van der Waals surface area contributed by atoms with E-state index in [1.165, 1.54) is 12.1 Å². The zero-order chi connectivity index (χ0) is 18.8. The molecule has 0 atom stereocenters. The highest BCUT2D eigenvalue weighted by Crippen LogP contribution is 2.21. The van der Waals surface area contributed by atoms with Gasteiger partial charge in [-0.3, -0.25) is 4.79 Å². The maximum Gasteiger partial charge on any atom is 0.255 e. The van der Waals surface area contributed by atoms with E-state index in [0.717, 1.165) is 5.56 Å². The second-order valence-corrected chi connectivity index (χ2v) is 8.92. The molecule has 134 valence electrons. The van der Waals surface area contributed by atoms with E-state index in [9.17, 15) is 13.2 Å². The van der Waals surface area contributed by atoms with Gasteiger partial charge in [-0.2, -0.15) is 0 Å². The molecule has 7 heteroatoms. The topological polar surface area (TPSA) is 75.3 Å². The number of hydrogen-bond donors (Lipinski definition) is 2. The molecule has 0 fully saturated rings. The van der Waals surface area contributed by atoms with Crippen molar-refractivity contribution in [1.82, 2.24) is 4.72 Å². The van der Waals surface area contributed by atoms with Gasteiger partial charge >= 0.3 is 0 Å². The molecule has 2 aromatic carbocycles. The van der Waals surface area contributed by atoms with Gasteiger partial charge in [-0.1, -0.05) is 17.7 Å². The van der Waals surface area contributed by atoms with Gasteiger partial charge in [-0.05, 0) is 69.7 Å². The summed E-state index contributed by atoms with van der Waals surface area (Å²) in [5.41, 5.74) is 1.08. The van der Waals surface area contributed by atoms with Gasteiger partial charge in [0.25, 0.3) is 5.91 Å². The molecule has 0 unspecified atom stereocenters. The molecule has 2 aromatic rings. The van der Waals surface area contributed by atoms with E-state index in [0.29, 0.717) is 10.7 Å². The molecule has 0 aliphatic heterocycles. The molecule has 0 aliphatic carbocycles. The first-order valence-electron chi connectivity index (χ1n) is 7.69. The first kappa shape index (κ1) is 19.4. The number of halogens is 1. The number of amides is 1. The second-order valence-electron chi connectivity index (χ2n) is 6.80. The number of carbonyl (C=O) groups excluding carboxylic acids is 1. The van der Waals surface area contributed by atoms with Gasteiger partial charge < -0.3 is 5.32 Å². The van der Waals surface area contributed by atoms with Crippen LogP contribution in [0.15, 0.2) is 47.4 Å². The van der Waals surface area contributed by atoms with Crippen LogP contribution in [0.1, 0.15) is 36.7 Å². The minimum Gasteiger partial charge on any atom is -0.322 e. The summed E-state index contributed by atoms with van der Waals surface area (Å²) in [6, 6.07) is 11.0. The molecular weight excluding hydrogens is 360 g/mol. The Kier molecular flexibility index (Phi) is 5.56. The summed E-state index contributed by atoms with van der Waals surface area (Å²) in [6.45, 7) is 7.09. The number of nitrogens with one attached hydrogen (secondary N) is 2. The van der Waals surface area contributed by atoms with Crippen LogP contribution in [0, 0.1) is 6.92 Å². The summed E-state index contributed by atoms with van der Waals surface area (Å²) in [4.78, 5) is 12.5. The smallest absolute Gasteiger partial charge is 0.255 e. The molecule has 2 N–H and O–H groups in total. The van der Waals surface area contributed by atoms with Gasteiger partial charge in [0.05, 0.1) is 4.90 Å². The molecule has 0 heterocycles. The molecule has 0 spiro atoms. The summed E-state index contributed by atoms with van der Waals surface area (Å²) in [7, 11) is -3.71. The zero-order valence-electron chi connectivity index (χ0n) is 14.6. The summed E-state index contributed by atoms with van der Waals surface area (Å²) >= 11 is 5.91. The van der Waals surface area contributed by atoms with Crippen molar-refractivity contribution < 1.29 is 13.2 Å². The van der Waals surface area contributed by atoms with Crippen molar-refractivity contribution in [1.29, 1.82) is 0 Å². The van der Waals surface area contributed by atoms with Crippen molar-refractivity contribution in [2.45, 2.75) is 38.1 Å². The van der Waals surface area contributed by atoms with Crippen LogP contribution in [0.2, 0.25) is 5.02 Å². The molecule has 0 aliphatic rings. The van der Waals surface area contributed by atoms with Gasteiger partial charge in [-0.25, -0.2) is 13.1 Å². The fourth-order valence-electron chi connectivity index (χ4n) is 2.23. The average Bonchev–Trinajstić information content (AvgIpc) is 2.48. The first-order chi connectivity index (χ1) is 11.5. The zero-order valence-corrected chi connectivity index (χ0v) is 16.1. The maximum absolute atomic E-state index is 12.5. The van der Waals surface area contributed by atoms with E-state index in [2.05, 4.69) is 10.0 Å². The van der Waals surface area contributed by atoms with Crippen LogP contribution in [0.3, 0.4) is 0 Å². The third-order valence-electron chi connectivity index (χ3n) is 3.28. The Balaban J connectivity index is 2.27. The predicted molar refractivity (Wildman–Crippen MR) is 101 cm³/mol. The average molecular weight is 381 g/mol. The number of sulfonamides is 1. The molecule has 25 heavy (non-hydrogen) atoms. The predicted octanol–water partition coefficient (Wildman–Crippen LogP) is 3.98. The number of benzene rings is 2. The van der Waals surface area contributed by atoms with Crippen molar-refractivity contribution in [3.05, 3.63) is 58.6 Å². The normalized spacial score (nSPS) is 12.0. The Hall–Kier alpha value is -1.89. The molecule has 0 saturated heterocycles. The highest BCUT2D eigenvalue weighted by Gasteiger charge is 2.22. The Morgan fingerprint density at radius 1 is 1.08 bits per heavy atom. The fraction of sp³-hybridized carbons (Fsp3) is 0.278. The van der Waals surface area contributed by atoms with Crippen LogP contribution in [-0.2, 0) is 10.0 Å². The van der Waals surface area contributed by atoms with E-state index in [1.54, 1.807) is 51.1 Å². The van der Waals surface area contributed by atoms with Crippen LogP contribution in [0.25, 0.3) is 0 Å². The van der Waals surface area contributed by atoms with E-state index >= 15 is 0 Å². The van der Waals surface area contributed by atoms with Crippen LogP contribution in [-0.4, -0.2) is 19.9 Å². The van der Waals surface area contributed by atoms with Gasteiger partial charge in [0.15, 0.2) is 0 Å². The van der Waals surface area contributed by atoms with Gasteiger partial charge in [-0.15, -0.1) is 0 Å². The van der Waals surface area contributed by atoms with Gasteiger partial charge in [0.1, 0.15) is 0 Å². The Morgan fingerprint density at radius 2 is 1.76 bits per heavy atom. The molecule has 0 radical (unpaired) electrons. The SMILES string of the molecule is Cc1cc(Cl)ccc1NC(=O)c1cccc(S(=O)(=O)NC(C)(C)C)c1. The second kappa shape index (κ2) is 7.15. The van der Waals surface area contributed by atoms with Crippen molar-refractivity contribution in [2.24, 2.45) is 0 Å². The summed E-state index contributed by atoms with van der Waals surface area (Å²) in [5.74, 6) is -0.391. The van der Waals surface area contributed by atoms with Crippen LogP contribution >= 0.6 is 11.6 Å². The van der Waals surface area contributed by atoms with Crippen molar-refractivity contribution in [3.63, 3.8) is 0 Å². The third-order valence-corrected chi connectivity index (χ3v) is 5.27. The molecule has 0 aromatic heterocycles. The first-order valence-corrected chi connectivity index (χ1v) is 9.56. The lowest BCUT2D eigenvalue weighted by atomic mass is 10.1. The van der Waals surface area contributed by atoms with Crippen molar-refractivity contribution in [3.8, 4) is 0 Å². The molecule has 0 bridgehead atoms. The standard InChI is InChI=1S/C18H21ClN2O3S/c1-12-10-14(19)8-9-16(12)20-17(22)13-6-5-7-15(11-13)25(23,24)21-18(2,3)4/h5-11,21H,1-4H3,(H,20,22). The molecule has 5 nitrogen and oxygen atoms in total. The molecule has 1 amide bonds. The fourth-order valence-corrected chi connectivity index (χ4v) is 3.92. The number of aryl methyl sites for hydroxylation is 1. The monoisotopic (exact) mass is 380 g/mol. The molecule has 0 saturated carbocycles. The number of rotatable bonds is 4. The lowest BCUT2D eigenvalue weighted by Crippen LogP contribution is -2.40. The number of hydrogen-bond acceptors (Lipinski definition) is 3. The summed E-state index contributed by atoms with van der Waals surface area (Å²) in [6.07, 6.45) is 0. The Morgan fingerprint density at radius 3 is 2.36 bits per heavy atom. The lowest BCUT2D eigenvalue weighted by molar-refractivity contribution is 0.102. The largest absolute Gasteiger partial charge is 0.322 e. The van der Waals surface area contributed by atoms with Crippen LogP contribution in [0.5, 0.6) is 0 Å². The van der Waals surface area contributed by atoms with Crippen molar-refractivity contribution in [2.75, 3.05) is 5.32 Å². The maximum atomic E-state index is 12.5. The van der Waals surface area contributed by atoms with Crippen LogP contribution < -0.4 is 10.0 Å². The van der Waals surface area contributed by atoms with E-state index in [4.69, 9.17) is 11.6 Å². The van der Waals surface area contributed by atoms with E-state index in [-0.39, 0.29) is 10.5 Å². The lowest BCUT2D eigenvalue weighted by Gasteiger charge is -2.20. The molecular formula is C18H21ClN2O3S. The van der Waals surface area contributed by atoms with Gasteiger partial charge in [0, 0.05) is 21.8 Å². The highest BCUT2D eigenvalue weighted by atomic mass is 35.5. The summed E-state index contributed by atoms with van der Waals surface area (Å²) in [5, 5.41) is 3.35.